The molecule has 0 saturated carbocycles. The van der Waals surface area contributed by atoms with Gasteiger partial charge in [-0.1, -0.05) is 11.3 Å². The minimum atomic E-state index is -1.07. The summed E-state index contributed by atoms with van der Waals surface area (Å²) in [5, 5.41) is 19.0. The molecule has 2 rings (SSSR count). The molecule has 7 heteroatoms. The minimum absolute atomic E-state index is 0.00999. The largest absolute Gasteiger partial charge is 0.478 e. The fourth-order valence-corrected chi connectivity index (χ4v) is 1.50. The molecule has 0 unspecified atom stereocenters. The molecule has 1 heterocycles. The lowest BCUT2D eigenvalue weighted by atomic mass is 10.2. The number of benzene rings is 1. The first kappa shape index (κ1) is 11.1. The van der Waals surface area contributed by atoms with Crippen molar-refractivity contribution in [3.8, 4) is 0 Å². The Morgan fingerprint density at radius 2 is 2.24 bits per heavy atom. The molecular formula is C10H10N4O3. The van der Waals surface area contributed by atoms with Crippen LogP contribution in [0.3, 0.4) is 0 Å². The molecule has 1 aromatic heterocycles. The van der Waals surface area contributed by atoms with Crippen LogP contribution in [-0.4, -0.2) is 39.0 Å². The number of aromatic nitrogens is 3. The first-order valence-corrected chi connectivity index (χ1v) is 4.89. The third kappa shape index (κ3) is 1.94. The Morgan fingerprint density at radius 3 is 2.88 bits per heavy atom. The summed E-state index contributed by atoms with van der Waals surface area (Å²) in [6.07, 6.45) is 0. The molecule has 1 aromatic carbocycles. The Morgan fingerprint density at radius 1 is 1.47 bits per heavy atom. The maximum atomic E-state index is 11.2. The molecule has 0 aliphatic heterocycles. The number of carboxylic acid groups (broad SMARTS) is 1. The summed E-state index contributed by atoms with van der Waals surface area (Å²) in [7, 11) is 1.52. The van der Waals surface area contributed by atoms with Gasteiger partial charge in [-0.15, -0.1) is 5.10 Å². The number of amides is 1. The molecule has 0 saturated heterocycles. The average Bonchev–Trinajstić information content (AvgIpc) is 2.72. The number of hydrogen-bond acceptors (Lipinski definition) is 4. The van der Waals surface area contributed by atoms with Gasteiger partial charge in [0.25, 0.3) is 0 Å². The van der Waals surface area contributed by atoms with Gasteiger partial charge in [-0.05, 0) is 12.1 Å². The zero-order valence-corrected chi connectivity index (χ0v) is 9.04. The van der Waals surface area contributed by atoms with Crippen LogP contribution in [0.1, 0.15) is 10.4 Å². The molecule has 0 aliphatic carbocycles. The van der Waals surface area contributed by atoms with Crippen molar-refractivity contribution < 1.29 is 14.7 Å². The van der Waals surface area contributed by atoms with Crippen molar-refractivity contribution >= 4 is 22.9 Å². The van der Waals surface area contributed by atoms with E-state index in [0.717, 1.165) is 0 Å². The van der Waals surface area contributed by atoms with Crippen LogP contribution in [0.2, 0.25) is 0 Å². The second-order valence-corrected chi connectivity index (χ2v) is 3.40. The van der Waals surface area contributed by atoms with E-state index >= 15 is 0 Å². The SMILES string of the molecule is CNC(=O)Cn1nnc2c(C(=O)O)cccc21. The van der Waals surface area contributed by atoms with Gasteiger partial charge in [0.1, 0.15) is 12.1 Å². The number of hydrogen-bond donors (Lipinski definition) is 2. The van der Waals surface area contributed by atoms with E-state index < -0.39 is 5.97 Å². The van der Waals surface area contributed by atoms with Gasteiger partial charge >= 0.3 is 5.97 Å². The third-order valence-electron chi connectivity index (χ3n) is 2.35. The van der Waals surface area contributed by atoms with Gasteiger partial charge in [0, 0.05) is 7.05 Å². The molecule has 0 aliphatic rings. The number of carbonyl (C=O) groups excluding carboxylic acids is 1. The van der Waals surface area contributed by atoms with Gasteiger partial charge in [0.05, 0.1) is 11.1 Å². The van der Waals surface area contributed by atoms with E-state index in [-0.39, 0.29) is 23.5 Å². The smallest absolute Gasteiger partial charge is 0.338 e. The second kappa shape index (κ2) is 4.20. The molecule has 0 radical (unpaired) electrons. The first-order valence-electron chi connectivity index (χ1n) is 4.89. The Balaban J connectivity index is 2.51. The summed E-state index contributed by atoms with van der Waals surface area (Å²) in [6.45, 7) is 0.00999. The quantitative estimate of drug-likeness (QED) is 0.771. The van der Waals surface area contributed by atoms with Gasteiger partial charge in [-0.3, -0.25) is 4.79 Å². The average molecular weight is 234 g/mol. The number of rotatable bonds is 3. The van der Waals surface area contributed by atoms with Crippen molar-refractivity contribution in [2.45, 2.75) is 6.54 Å². The molecule has 0 atom stereocenters. The van der Waals surface area contributed by atoms with Crippen molar-refractivity contribution in [2.75, 3.05) is 7.05 Å². The van der Waals surface area contributed by atoms with Gasteiger partial charge in [-0.2, -0.15) is 0 Å². The van der Waals surface area contributed by atoms with Crippen LogP contribution in [0.15, 0.2) is 18.2 Å². The summed E-state index contributed by atoms with van der Waals surface area (Å²) in [4.78, 5) is 22.2. The zero-order chi connectivity index (χ0) is 12.4. The van der Waals surface area contributed by atoms with Crippen LogP contribution in [0, 0.1) is 0 Å². The first-order chi connectivity index (χ1) is 8.13. The molecule has 0 fully saturated rings. The zero-order valence-electron chi connectivity index (χ0n) is 9.04. The minimum Gasteiger partial charge on any atom is -0.478 e. The molecular weight excluding hydrogens is 224 g/mol. The van der Waals surface area contributed by atoms with Crippen LogP contribution in [0.25, 0.3) is 11.0 Å². The standard InChI is InChI=1S/C10H10N4O3/c1-11-8(15)5-14-7-4-2-3-6(10(16)17)9(7)12-13-14/h2-4H,5H2,1H3,(H,11,15)(H,16,17). The highest BCUT2D eigenvalue weighted by atomic mass is 16.4. The van der Waals surface area contributed by atoms with Crippen LogP contribution in [0.5, 0.6) is 0 Å². The monoisotopic (exact) mass is 234 g/mol. The number of carboxylic acids is 1. The molecule has 2 aromatic rings. The molecule has 2 N–H and O–H groups in total. The Hall–Kier alpha value is -2.44. The Kier molecular flexibility index (Phi) is 2.73. The number of likely N-dealkylation sites (N-methyl/N-ethyl adjacent to an activating group) is 1. The van der Waals surface area contributed by atoms with E-state index in [1.54, 1.807) is 12.1 Å². The highest BCUT2D eigenvalue weighted by molar-refractivity contribution is 6.00. The number of nitrogens with zero attached hydrogens (tertiary/aromatic N) is 3. The van der Waals surface area contributed by atoms with E-state index in [9.17, 15) is 9.59 Å². The molecule has 1 amide bonds. The highest BCUT2D eigenvalue weighted by Crippen LogP contribution is 2.15. The third-order valence-corrected chi connectivity index (χ3v) is 2.35. The van der Waals surface area contributed by atoms with Crippen LogP contribution in [-0.2, 0) is 11.3 Å². The summed E-state index contributed by atoms with van der Waals surface area (Å²) < 4.78 is 1.36. The lowest BCUT2D eigenvalue weighted by Crippen LogP contribution is -2.24. The molecule has 0 bridgehead atoms. The molecule has 7 nitrogen and oxygen atoms in total. The maximum absolute atomic E-state index is 11.2. The fourth-order valence-electron chi connectivity index (χ4n) is 1.50. The molecule has 0 spiro atoms. The molecule has 17 heavy (non-hydrogen) atoms. The van der Waals surface area contributed by atoms with E-state index in [0.29, 0.717) is 5.52 Å². The highest BCUT2D eigenvalue weighted by Gasteiger charge is 2.14. The van der Waals surface area contributed by atoms with Gasteiger partial charge in [-0.25, -0.2) is 9.48 Å². The lowest BCUT2D eigenvalue weighted by molar-refractivity contribution is -0.121. The second-order valence-electron chi connectivity index (χ2n) is 3.40. The predicted molar refractivity (Wildman–Crippen MR) is 58.6 cm³/mol. The number of fused-ring (bicyclic) bond motifs is 1. The van der Waals surface area contributed by atoms with E-state index in [1.807, 2.05) is 0 Å². The fraction of sp³-hybridized carbons (Fsp3) is 0.200. The number of carbonyl (C=O) groups is 2. The van der Waals surface area contributed by atoms with E-state index in [1.165, 1.54) is 17.8 Å². The van der Waals surface area contributed by atoms with Crippen LogP contribution < -0.4 is 5.32 Å². The molecule has 88 valence electrons. The summed E-state index contributed by atoms with van der Waals surface area (Å²) >= 11 is 0. The topological polar surface area (TPSA) is 97.1 Å². The van der Waals surface area contributed by atoms with Gasteiger partial charge in [0.2, 0.25) is 5.91 Å². The Bertz CT molecular complexity index is 590. The van der Waals surface area contributed by atoms with Gasteiger partial charge < -0.3 is 10.4 Å². The summed E-state index contributed by atoms with van der Waals surface area (Å²) in [5.41, 5.74) is 0.878. The number of aromatic carboxylic acids is 1. The maximum Gasteiger partial charge on any atom is 0.338 e. The van der Waals surface area contributed by atoms with Crippen LogP contribution in [0.4, 0.5) is 0 Å². The van der Waals surface area contributed by atoms with Crippen molar-refractivity contribution in [2.24, 2.45) is 0 Å². The Labute approximate surface area is 96.0 Å². The van der Waals surface area contributed by atoms with Gasteiger partial charge in [0.15, 0.2) is 0 Å². The summed E-state index contributed by atoms with van der Waals surface area (Å²) in [5.74, 6) is -1.29. The van der Waals surface area contributed by atoms with Crippen molar-refractivity contribution in [1.82, 2.24) is 20.3 Å². The normalized spacial score (nSPS) is 10.4. The van der Waals surface area contributed by atoms with E-state index in [2.05, 4.69) is 15.6 Å². The van der Waals surface area contributed by atoms with Crippen molar-refractivity contribution in [3.63, 3.8) is 0 Å². The van der Waals surface area contributed by atoms with E-state index in [4.69, 9.17) is 5.11 Å². The van der Waals surface area contributed by atoms with Crippen molar-refractivity contribution in [3.05, 3.63) is 23.8 Å². The lowest BCUT2D eigenvalue weighted by Gasteiger charge is -2.01. The van der Waals surface area contributed by atoms with Crippen LogP contribution >= 0.6 is 0 Å². The predicted octanol–water partition coefficient (Wildman–Crippen LogP) is -0.125. The van der Waals surface area contributed by atoms with Crippen molar-refractivity contribution in [1.29, 1.82) is 0 Å². The summed E-state index contributed by atoms with van der Waals surface area (Å²) in [6, 6.07) is 4.71. The number of nitrogens with one attached hydrogen (secondary N) is 1.